The number of hydrogen-bond acceptors (Lipinski definition) is 5. The van der Waals surface area contributed by atoms with Crippen molar-refractivity contribution in [2.24, 2.45) is 0 Å². The first-order valence-corrected chi connectivity index (χ1v) is 7.42. The smallest absolute Gasteiger partial charge is 0.258 e. The van der Waals surface area contributed by atoms with Gasteiger partial charge in [-0.15, -0.1) is 9.19 Å². The molecule has 1 aromatic carbocycles. The quantitative estimate of drug-likeness (QED) is 0.843. The van der Waals surface area contributed by atoms with Crippen molar-refractivity contribution in [3.8, 4) is 17.1 Å². The van der Waals surface area contributed by atoms with Gasteiger partial charge in [0.1, 0.15) is 12.1 Å². The molecule has 100 valence electrons. The van der Waals surface area contributed by atoms with Crippen molar-refractivity contribution in [1.29, 1.82) is 0 Å². The van der Waals surface area contributed by atoms with Crippen molar-refractivity contribution >= 4 is 10.0 Å². The van der Waals surface area contributed by atoms with Crippen LogP contribution in [-0.2, 0) is 10.0 Å². The molecule has 0 aliphatic heterocycles. The first-order chi connectivity index (χ1) is 9.11. The largest absolute Gasteiger partial charge is 0.497 e. The number of ether oxygens (including phenoxy) is 1. The van der Waals surface area contributed by atoms with Gasteiger partial charge >= 0.3 is 0 Å². The number of rotatable bonds is 4. The summed E-state index contributed by atoms with van der Waals surface area (Å²) >= 11 is 0. The monoisotopic (exact) mass is 279 g/mol. The number of methoxy groups -OCH3 is 1. The second kappa shape index (κ2) is 4.34. The highest BCUT2D eigenvalue weighted by molar-refractivity contribution is 7.90. The van der Waals surface area contributed by atoms with Crippen LogP contribution in [0.5, 0.6) is 5.75 Å². The van der Waals surface area contributed by atoms with Crippen molar-refractivity contribution in [3.05, 3.63) is 30.6 Å². The van der Waals surface area contributed by atoms with Crippen molar-refractivity contribution in [2.45, 2.75) is 18.1 Å². The van der Waals surface area contributed by atoms with Gasteiger partial charge < -0.3 is 4.74 Å². The molecule has 1 aliphatic carbocycles. The fourth-order valence-electron chi connectivity index (χ4n) is 1.76. The van der Waals surface area contributed by atoms with Crippen LogP contribution in [0.2, 0.25) is 0 Å². The summed E-state index contributed by atoms with van der Waals surface area (Å²) in [6, 6.07) is 7.15. The Morgan fingerprint density at radius 3 is 2.53 bits per heavy atom. The van der Waals surface area contributed by atoms with E-state index in [-0.39, 0.29) is 5.25 Å². The average molecular weight is 279 g/mol. The molecule has 1 aromatic heterocycles. The average Bonchev–Trinajstić information content (AvgIpc) is 3.17. The maximum atomic E-state index is 12.0. The van der Waals surface area contributed by atoms with Crippen molar-refractivity contribution < 1.29 is 13.2 Å². The first-order valence-electron chi connectivity index (χ1n) is 5.92. The van der Waals surface area contributed by atoms with Gasteiger partial charge in [-0.3, -0.25) is 0 Å². The maximum Gasteiger partial charge on any atom is 0.258 e. The Morgan fingerprint density at radius 1 is 1.26 bits per heavy atom. The summed E-state index contributed by atoms with van der Waals surface area (Å²) in [7, 11) is -1.76. The van der Waals surface area contributed by atoms with Gasteiger partial charge in [0.25, 0.3) is 10.0 Å². The predicted molar refractivity (Wildman–Crippen MR) is 69.3 cm³/mol. The number of hydrogen-bond donors (Lipinski definition) is 0. The molecule has 1 heterocycles. The highest BCUT2D eigenvalue weighted by atomic mass is 32.2. The molecule has 0 radical (unpaired) electrons. The van der Waals surface area contributed by atoms with Crippen LogP contribution in [-0.4, -0.2) is 34.9 Å². The van der Waals surface area contributed by atoms with Crippen LogP contribution in [0.4, 0.5) is 0 Å². The summed E-state index contributed by atoms with van der Waals surface area (Å²) in [4.78, 5) is 4.05. The topological polar surface area (TPSA) is 74.1 Å². The lowest BCUT2D eigenvalue weighted by molar-refractivity contribution is 0.415. The Balaban J connectivity index is 1.92. The first kappa shape index (κ1) is 12.2. The maximum absolute atomic E-state index is 12.0. The van der Waals surface area contributed by atoms with E-state index < -0.39 is 10.0 Å². The Kier molecular flexibility index (Phi) is 2.78. The van der Waals surface area contributed by atoms with E-state index in [9.17, 15) is 8.42 Å². The summed E-state index contributed by atoms with van der Waals surface area (Å²) in [5.74, 6) is 1.13. The minimum absolute atomic E-state index is 0.294. The minimum Gasteiger partial charge on any atom is -0.497 e. The second-order valence-corrected chi connectivity index (χ2v) is 6.48. The molecule has 0 spiro atoms. The van der Waals surface area contributed by atoms with E-state index in [1.165, 1.54) is 6.33 Å². The van der Waals surface area contributed by atoms with E-state index in [2.05, 4.69) is 10.1 Å². The van der Waals surface area contributed by atoms with Gasteiger partial charge in [-0.25, -0.2) is 13.4 Å². The van der Waals surface area contributed by atoms with E-state index in [1.807, 2.05) is 0 Å². The lowest BCUT2D eigenvalue weighted by atomic mass is 10.2. The molecule has 2 aromatic rings. The van der Waals surface area contributed by atoms with Gasteiger partial charge in [-0.2, -0.15) is 0 Å². The predicted octanol–water partition coefficient (Wildman–Crippen LogP) is 1.29. The van der Waals surface area contributed by atoms with E-state index in [0.29, 0.717) is 18.7 Å². The zero-order valence-electron chi connectivity index (χ0n) is 10.4. The van der Waals surface area contributed by atoms with E-state index in [4.69, 9.17) is 4.74 Å². The molecule has 1 aliphatic rings. The molecule has 0 amide bonds. The van der Waals surface area contributed by atoms with Crippen LogP contribution < -0.4 is 4.74 Å². The third-order valence-electron chi connectivity index (χ3n) is 3.03. The molecule has 3 rings (SSSR count). The molecule has 0 saturated heterocycles. The molecule has 19 heavy (non-hydrogen) atoms. The standard InChI is InChI=1S/C12H13N3O3S/c1-18-10-4-2-9(3-5-10)12-13-8-15(14-12)19(16,17)11-6-7-11/h2-5,8,11H,6-7H2,1H3. The number of nitrogens with zero attached hydrogens (tertiary/aromatic N) is 3. The van der Waals surface area contributed by atoms with Gasteiger partial charge in [-0.05, 0) is 37.1 Å². The molecule has 0 bridgehead atoms. The molecular formula is C12H13N3O3S. The molecular weight excluding hydrogens is 266 g/mol. The molecule has 0 unspecified atom stereocenters. The fourth-order valence-corrected chi connectivity index (χ4v) is 3.17. The third kappa shape index (κ3) is 2.21. The Bertz CT molecular complexity index is 687. The van der Waals surface area contributed by atoms with E-state index >= 15 is 0 Å². The lowest BCUT2D eigenvalue weighted by Gasteiger charge is -2.01. The summed E-state index contributed by atoms with van der Waals surface area (Å²) in [6.45, 7) is 0. The van der Waals surface area contributed by atoms with E-state index in [1.54, 1.807) is 31.4 Å². The lowest BCUT2D eigenvalue weighted by Crippen LogP contribution is -2.17. The highest BCUT2D eigenvalue weighted by Gasteiger charge is 2.37. The van der Waals surface area contributed by atoms with Gasteiger partial charge in [0.05, 0.1) is 12.4 Å². The van der Waals surface area contributed by atoms with Gasteiger partial charge in [-0.1, -0.05) is 0 Å². The highest BCUT2D eigenvalue weighted by Crippen LogP contribution is 2.29. The van der Waals surface area contributed by atoms with Gasteiger partial charge in [0.2, 0.25) is 0 Å². The Hall–Kier alpha value is -1.89. The van der Waals surface area contributed by atoms with Crippen molar-refractivity contribution in [1.82, 2.24) is 14.2 Å². The summed E-state index contributed by atoms with van der Waals surface area (Å²) in [6.07, 6.45) is 2.67. The van der Waals surface area contributed by atoms with Crippen LogP contribution in [0.25, 0.3) is 11.4 Å². The molecule has 1 saturated carbocycles. The molecule has 6 nitrogen and oxygen atoms in total. The van der Waals surface area contributed by atoms with Crippen LogP contribution >= 0.6 is 0 Å². The molecule has 0 N–H and O–H groups in total. The number of benzene rings is 1. The zero-order valence-corrected chi connectivity index (χ0v) is 11.2. The molecule has 7 heteroatoms. The van der Waals surface area contributed by atoms with Crippen LogP contribution in [0, 0.1) is 0 Å². The van der Waals surface area contributed by atoms with Gasteiger partial charge in [0, 0.05) is 5.56 Å². The molecule has 0 atom stereocenters. The van der Waals surface area contributed by atoms with Gasteiger partial charge in [0.15, 0.2) is 5.82 Å². The fraction of sp³-hybridized carbons (Fsp3) is 0.333. The zero-order chi connectivity index (χ0) is 13.5. The SMILES string of the molecule is COc1ccc(-c2ncn(S(=O)(=O)C3CC3)n2)cc1. The summed E-state index contributed by atoms with van der Waals surface area (Å²) < 4.78 is 30.0. The van der Waals surface area contributed by atoms with Crippen LogP contribution in [0.15, 0.2) is 30.6 Å². The van der Waals surface area contributed by atoms with Crippen molar-refractivity contribution in [3.63, 3.8) is 0 Å². The minimum atomic E-state index is -3.35. The Morgan fingerprint density at radius 2 is 1.95 bits per heavy atom. The van der Waals surface area contributed by atoms with Crippen molar-refractivity contribution in [2.75, 3.05) is 7.11 Å². The van der Waals surface area contributed by atoms with E-state index in [0.717, 1.165) is 15.4 Å². The van der Waals surface area contributed by atoms with Crippen LogP contribution in [0.3, 0.4) is 0 Å². The second-order valence-electron chi connectivity index (χ2n) is 4.41. The third-order valence-corrected chi connectivity index (χ3v) is 5.04. The summed E-state index contributed by atoms with van der Waals surface area (Å²) in [5, 5.41) is 3.75. The Labute approximate surface area is 111 Å². The molecule has 1 fully saturated rings. The van der Waals surface area contributed by atoms with Crippen LogP contribution in [0.1, 0.15) is 12.8 Å². The normalized spacial score (nSPS) is 15.4. The number of aromatic nitrogens is 3. The summed E-state index contributed by atoms with van der Waals surface area (Å²) in [5.41, 5.74) is 0.755.